The summed E-state index contributed by atoms with van der Waals surface area (Å²) in [4.78, 5) is 5.54. The van der Waals surface area contributed by atoms with Gasteiger partial charge in [-0.05, 0) is 30.6 Å². The molecule has 0 radical (unpaired) electrons. The maximum atomic E-state index is 5.99. The first-order chi connectivity index (χ1) is 9.29. The smallest absolute Gasteiger partial charge is 0.243 e. The fourth-order valence-corrected chi connectivity index (χ4v) is 2.76. The lowest BCUT2D eigenvalue weighted by Gasteiger charge is -2.03. The second kappa shape index (κ2) is 7.57. The van der Waals surface area contributed by atoms with Gasteiger partial charge in [0.15, 0.2) is 5.82 Å². The van der Waals surface area contributed by atoms with Gasteiger partial charge in [-0.15, -0.1) is 11.8 Å². The number of thioether (sulfide) groups is 2. The van der Waals surface area contributed by atoms with Crippen LogP contribution in [0.2, 0.25) is 0 Å². The van der Waals surface area contributed by atoms with Crippen LogP contribution in [0.5, 0.6) is 0 Å². The van der Waals surface area contributed by atoms with Gasteiger partial charge in [0, 0.05) is 4.90 Å². The molecule has 2 N–H and O–H groups in total. The molecule has 2 rings (SSSR count). The maximum Gasteiger partial charge on any atom is 0.243 e. The van der Waals surface area contributed by atoms with Crippen molar-refractivity contribution in [3.8, 4) is 0 Å². The van der Waals surface area contributed by atoms with Crippen LogP contribution in [0.4, 0.5) is 0 Å². The van der Waals surface area contributed by atoms with E-state index in [1.165, 1.54) is 4.90 Å². The summed E-state index contributed by atoms with van der Waals surface area (Å²) in [6.45, 7) is 0. The molecule has 0 unspecified atom stereocenters. The number of nitrogens with two attached hydrogens (primary N) is 1. The Hall–Kier alpha value is -0.980. The van der Waals surface area contributed by atoms with Gasteiger partial charge in [0.05, 0.1) is 11.8 Å². The molecule has 1 aromatic heterocycles. The highest BCUT2D eigenvalue weighted by Crippen LogP contribution is 2.22. The fraction of sp³-hybridized carbons (Fsp3) is 0.385. The van der Waals surface area contributed by atoms with Crippen molar-refractivity contribution in [3.05, 3.63) is 42.0 Å². The van der Waals surface area contributed by atoms with Gasteiger partial charge >= 0.3 is 0 Å². The third-order valence-corrected chi connectivity index (χ3v) is 4.20. The number of hydrogen-bond acceptors (Lipinski definition) is 6. The van der Waals surface area contributed by atoms with Gasteiger partial charge in [-0.25, -0.2) is 0 Å². The van der Waals surface area contributed by atoms with E-state index in [-0.39, 0.29) is 6.04 Å². The molecule has 4 nitrogen and oxygen atoms in total. The van der Waals surface area contributed by atoms with E-state index in [1.54, 1.807) is 23.5 Å². The minimum Gasteiger partial charge on any atom is -0.338 e. The fourth-order valence-electron chi connectivity index (χ4n) is 1.51. The molecule has 2 aromatic rings. The Kier molecular flexibility index (Phi) is 5.75. The summed E-state index contributed by atoms with van der Waals surface area (Å²) in [6, 6.07) is 10.0. The van der Waals surface area contributed by atoms with Crippen molar-refractivity contribution in [2.24, 2.45) is 5.73 Å². The van der Waals surface area contributed by atoms with Gasteiger partial charge in [0.1, 0.15) is 0 Å². The Morgan fingerprint density at radius 2 is 2.11 bits per heavy atom. The van der Waals surface area contributed by atoms with Crippen molar-refractivity contribution in [1.29, 1.82) is 0 Å². The van der Waals surface area contributed by atoms with Crippen molar-refractivity contribution in [2.45, 2.75) is 23.1 Å². The Morgan fingerprint density at radius 1 is 1.32 bits per heavy atom. The molecule has 0 aliphatic heterocycles. The topological polar surface area (TPSA) is 64.9 Å². The average molecular weight is 295 g/mol. The molecule has 0 amide bonds. The van der Waals surface area contributed by atoms with E-state index < -0.39 is 0 Å². The largest absolute Gasteiger partial charge is 0.338 e. The predicted molar refractivity (Wildman–Crippen MR) is 80.2 cm³/mol. The predicted octanol–water partition coefficient (Wildman–Crippen LogP) is 3.11. The summed E-state index contributed by atoms with van der Waals surface area (Å²) >= 11 is 3.45. The molecule has 0 saturated carbocycles. The van der Waals surface area contributed by atoms with Gasteiger partial charge in [0.25, 0.3) is 0 Å². The Balaban J connectivity index is 1.87. The van der Waals surface area contributed by atoms with E-state index in [0.717, 1.165) is 12.2 Å². The molecule has 1 aromatic carbocycles. The lowest BCUT2D eigenvalue weighted by atomic mass is 10.2. The van der Waals surface area contributed by atoms with E-state index in [2.05, 4.69) is 28.5 Å². The number of benzene rings is 1. The molecule has 19 heavy (non-hydrogen) atoms. The first kappa shape index (κ1) is 14.4. The van der Waals surface area contributed by atoms with E-state index in [0.29, 0.717) is 17.5 Å². The minimum atomic E-state index is -0.157. The van der Waals surface area contributed by atoms with E-state index in [4.69, 9.17) is 10.3 Å². The van der Waals surface area contributed by atoms with Gasteiger partial charge in [-0.3, -0.25) is 0 Å². The van der Waals surface area contributed by atoms with Gasteiger partial charge < -0.3 is 10.3 Å². The van der Waals surface area contributed by atoms with E-state index >= 15 is 0 Å². The maximum absolute atomic E-state index is 5.99. The van der Waals surface area contributed by atoms with E-state index in [1.807, 2.05) is 18.2 Å². The quantitative estimate of drug-likeness (QED) is 0.792. The van der Waals surface area contributed by atoms with Crippen LogP contribution in [-0.2, 0) is 5.75 Å². The second-order valence-corrected chi connectivity index (χ2v) is 6.07. The third-order valence-electron chi connectivity index (χ3n) is 2.55. The highest BCUT2D eigenvalue weighted by Gasteiger charge is 2.14. The number of aromatic nitrogens is 2. The lowest BCUT2D eigenvalue weighted by molar-refractivity contribution is 0.350. The molecule has 6 heteroatoms. The highest BCUT2D eigenvalue weighted by atomic mass is 32.2. The van der Waals surface area contributed by atoms with Crippen molar-refractivity contribution in [2.75, 3.05) is 12.0 Å². The average Bonchev–Trinajstić information content (AvgIpc) is 2.92. The van der Waals surface area contributed by atoms with Crippen LogP contribution in [0.1, 0.15) is 24.2 Å². The minimum absolute atomic E-state index is 0.157. The molecule has 1 atom stereocenters. The standard InChI is InChI=1S/C13H17N3OS2/c1-18-8-7-11(14)13-15-12(16-17-13)9-19-10-5-3-2-4-6-10/h2-6,11H,7-9,14H2,1H3/t11-/m0/s1. The van der Waals surface area contributed by atoms with Crippen LogP contribution in [0.3, 0.4) is 0 Å². The Morgan fingerprint density at radius 3 is 2.84 bits per heavy atom. The van der Waals surface area contributed by atoms with Crippen molar-refractivity contribution in [3.63, 3.8) is 0 Å². The molecule has 0 fully saturated rings. The third kappa shape index (κ3) is 4.56. The number of nitrogens with zero attached hydrogens (tertiary/aromatic N) is 2. The summed E-state index contributed by atoms with van der Waals surface area (Å²) in [5, 5.41) is 3.97. The molecule has 1 heterocycles. The van der Waals surface area contributed by atoms with Crippen LogP contribution >= 0.6 is 23.5 Å². The van der Waals surface area contributed by atoms with Crippen LogP contribution in [0.25, 0.3) is 0 Å². The second-order valence-electron chi connectivity index (χ2n) is 4.04. The van der Waals surface area contributed by atoms with Gasteiger partial charge in [0.2, 0.25) is 5.89 Å². The van der Waals surface area contributed by atoms with Gasteiger partial charge in [-0.2, -0.15) is 16.7 Å². The zero-order valence-electron chi connectivity index (χ0n) is 10.8. The summed E-state index contributed by atoms with van der Waals surface area (Å²) < 4.78 is 5.20. The molecule has 102 valence electrons. The molecular weight excluding hydrogens is 278 g/mol. The SMILES string of the molecule is CSCC[C@H](N)c1nc(CSc2ccccc2)no1. The lowest BCUT2D eigenvalue weighted by Crippen LogP contribution is -2.11. The summed E-state index contributed by atoms with van der Waals surface area (Å²) in [5.41, 5.74) is 5.99. The normalized spacial score (nSPS) is 12.5. The van der Waals surface area contributed by atoms with Crippen LogP contribution in [0, 0.1) is 0 Å². The Labute approximate surface area is 121 Å². The van der Waals surface area contributed by atoms with Crippen LogP contribution in [0.15, 0.2) is 39.8 Å². The zero-order valence-corrected chi connectivity index (χ0v) is 12.4. The summed E-state index contributed by atoms with van der Waals surface area (Å²) in [6.07, 6.45) is 2.91. The summed E-state index contributed by atoms with van der Waals surface area (Å²) in [7, 11) is 0. The molecule has 0 bridgehead atoms. The highest BCUT2D eigenvalue weighted by molar-refractivity contribution is 7.98. The van der Waals surface area contributed by atoms with Crippen molar-refractivity contribution < 1.29 is 4.52 Å². The van der Waals surface area contributed by atoms with Crippen molar-refractivity contribution in [1.82, 2.24) is 10.1 Å². The molecule has 0 saturated heterocycles. The van der Waals surface area contributed by atoms with Crippen LogP contribution < -0.4 is 5.73 Å². The van der Waals surface area contributed by atoms with Gasteiger partial charge in [-0.1, -0.05) is 23.4 Å². The molecular formula is C13H17N3OS2. The molecule has 0 aliphatic carbocycles. The molecule has 0 spiro atoms. The number of rotatable bonds is 7. The van der Waals surface area contributed by atoms with E-state index in [9.17, 15) is 0 Å². The zero-order chi connectivity index (χ0) is 13.5. The summed E-state index contributed by atoms with van der Waals surface area (Å²) in [5.74, 6) is 2.93. The number of hydrogen-bond donors (Lipinski definition) is 1. The first-order valence-electron chi connectivity index (χ1n) is 6.04. The monoisotopic (exact) mass is 295 g/mol. The van der Waals surface area contributed by atoms with Crippen molar-refractivity contribution >= 4 is 23.5 Å². The Bertz CT molecular complexity index is 490. The molecule has 0 aliphatic rings. The van der Waals surface area contributed by atoms with Crippen LogP contribution in [-0.4, -0.2) is 22.1 Å². The first-order valence-corrected chi connectivity index (χ1v) is 8.42.